The number of carbonyl (C=O) groups is 1. The number of ether oxygens (including phenoxy) is 1. The van der Waals surface area contributed by atoms with Crippen LogP contribution in [-0.4, -0.2) is 11.1 Å². The van der Waals surface area contributed by atoms with Gasteiger partial charge < -0.3 is 9.84 Å². The molecule has 132 valence electrons. The summed E-state index contributed by atoms with van der Waals surface area (Å²) >= 11 is 0. The molecular formula is C22H19FO3. The van der Waals surface area contributed by atoms with Crippen molar-refractivity contribution in [2.45, 2.75) is 19.4 Å². The third kappa shape index (κ3) is 4.48. The minimum atomic E-state index is -1.13. The van der Waals surface area contributed by atoms with Gasteiger partial charge in [0.1, 0.15) is 18.2 Å². The summed E-state index contributed by atoms with van der Waals surface area (Å²) in [5.41, 5.74) is 2.52. The number of carboxylic acid groups (broad SMARTS) is 1. The van der Waals surface area contributed by atoms with E-state index in [4.69, 9.17) is 9.84 Å². The Balaban J connectivity index is 1.68. The van der Waals surface area contributed by atoms with Gasteiger partial charge in [0, 0.05) is 0 Å². The Morgan fingerprint density at radius 2 is 1.58 bits per heavy atom. The predicted molar refractivity (Wildman–Crippen MR) is 98.0 cm³/mol. The second-order valence-corrected chi connectivity index (χ2v) is 5.99. The largest absolute Gasteiger partial charge is 0.489 e. The minimum Gasteiger partial charge on any atom is -0.489 e. The van der Waals surface area contributed by atoms with Gasteiger partial charge in [0.15, 0.2) is 0 Å². The van der Waals surface area contributed by atoms with Gasteiger partial charge in [-0.1, -0.05) is 54.6 Å². The van der Waals surface area contributed by atoms with Crippen LogP contribution in [0.15, 0.2) is 72.8 Å². The second-order valence-electron chi connectivity index (χ2n) is 5.99. The summed E-state index contributed by atoms with van der Waals surface area (Å²) in [5.74, 6) is -0.846. The van der Waals surface area contributed by atoms with E-state index in [1.807, 2.05) is 54.6 Å². The highest BCUT2D eigenvalue weighted by atomic mass is 19.1. The van der Waals surface area contributed by atoms with Gasteiger partial charge in [0.05, 0.1) is 5.56 Å². The number of rotatable bonds is 7. The van der Waals surface area contributed by atoms with Crippen LogP contribution in [0.5, 0.6) is 5.75 Å². The molecule has 0 aliphatic carbocycles. The van der Waals surface area contributed by atoms with Gasteiger partial charge in [0.2, 0.25) is 0 Å². The van der Waals surface area contributed by atoms with Gasteiger partial charge in [0.25, 0.3) is 0 Å². The van der Waals surface area contributed by atoms with Crippen LogP contribution in [0.3, 0.4) is 0 Å². The molecule has 0 heterocycles. The summed E-state index contributed by atoms with van der Waals surface area (Å²) in [7, 11) is 0. The van der Waals surface area contributed by atoms with Crippen molar-refractivity contribution in [1.29, 1.82) is 0 Å². The zero-order valence-electron chi connectivity index (χ0n) is 14.2. The quantitative estimate of drug-likeness (QED) is 0.660. The van der Waals surface area contributed by atoms with Crippen LogP contribution in [0.4, 0.5) is 4.39 Å². The lowest BCUT2D eigenvalue weighted by Gasteiger charge is -2.12. The summed E-state index contributed by atoms with van der Waals surface area (Å²) < 4.78 is 20.0. The monoisotopic (exact) mass is 350 g/mol. The SMILES string of the molecule is O=C(O)c1ccc(CCc2ccccc2OCc2ccccc2)c(F)c1. The number of hydrogen-bond donors (Lipinski definition) is 1. The maximum atomic E-state index is 14.1. The van der Waals surface area contributed by atoms with Crippen molar-refractivity contribution >= 4 is 5.97 Å². The summed E-state index contributed by atoms with van der Waals surface area (Å²) in [6, 6.07) is 21.6. The van der Waals surface area contributed by atoms with Crippen molar-refractivity contribution in [1.82, 2.24) is 0 Å². The molecule has 4 heteroatoms. The fourth-order valence-corrected chi connectivity index (χ4v) is 2.74. The first-order valence-corrected chi connectivity index (χ1v) is 8.40. The summed E-state index contributed by atoms with van der Waals surface area (Å²) in [6.07, 6.45) is 1.08. The normalized spacial score (nSPS) is 10.5. The van der Waals surface area contributed by atoms with Crippen molar-refractivity contribution in [3.63, 3.8) is 0 Å². The Kier molecular flexibility index (Phi) is 5.64. The maximum absolute atomic E-state index is 14.1. The van der Waals surface area contributed by atoms with E-state index in [1.165, 1.54) is 12.1 Å². The van der Waals surface area contributed by atoms with Crippen molar-refractivity contribution in [2.75, 3.05) is 0 Å². The number of carboxylic acids is 1. The molecule has 0 radical (unpaired) electrons. The molecular weight excluding hydrogens is 331 g/mol. The van der Waals surface area contributed by atoms with Gasteiger partial charge in [-0.2, -0.15) is 0 Å². The Bertz CT molecular complexity index is 891. The van der Waals surface area contributed by atoms with Gasteiger partial charge in [-0.05, 0) is 47.7 Å². The molecule has 0 spiro atoms. The lowest BCUT2D eigenvalue weighted by atomic mass is 10.0. The fourth-order valence-electron chi connectivity index (χ4n) is 2.74. The zero-order chi connectivity index (χ0) is 18.4. The molecule has 0 bridgehead atoms. The molecule has 0 aliphatic heterocycles. The average molecular weight is 350 g/mol. The Labute approximate surface area is 151 Å². The molecule has 3 aromatic carbocycles. The van der Waals surface area contributed by atoms with E-state index in [9.17, 15) is 9.18 Å². The summed E-state index contributed by atoms with van der Waals surface area (Å²) in [6.45, 7) is 0.472. The van der Waals surface area contributed by atoms with Gasteiger partial charge in [-0.25, -0.2) is 9.18 Å². The molecule has 0 fully saturated rings. The molecule has 0 saturated carbocycles. The van der Waals surface area contributed by atoms with E-state index < -0.39 is 11.8 Å². The molecule has 0 aliphatic rings. The molecule has 0 saturated heterocycles. The smallest absolute Gasteiger partial charge is 0.335 e. The number of hydrogen-bond acceptors (Lipinski definition) is 2. The van der Waals surface area contributed by atoms with E-state index in [0.717, 1.165) is 22.9 Å². The maximum Gasteiger partial charge on any atom is 0.335 e. The lowest BCUT2D eigenvalue weighted by Crippen LogP contribution is -2.02. The number of aromatic carboxylic acids is 1. The van der Waals surface area contributed by atoms with Crippen molar-refractivity contribution in [3.8, 4) is 5.75 Å². The Hall–Kier alpha value is -3.14. The van der Waals surface area contributed by atoms with Gasteiger partial charge in [-0.15, -0.1) is 0 Å². The third-order valence-corrected chi connectivity index (χ3v) is 4.17. The van der Waals surface area contributed by atoms with Gasteiger partial charge in [-0.3, -0.25) is 0 Å². The molecule has 0 atom stereocenters. The predicted octanol–water partition coefficient (Wildman–Crippen LogP) is 4.89. The topological polar surface area (TPSA) is 46.5 Å². The Morgan fingerprint density at radius 3 is 2.31 bits per heavy atom. The molecule has 3 aromatic rings. The number of aryl methyl sites for hydroxylation is 2. The highest BCUT2D eigenvalue weighted by Gasteiger charge is 2.10. The minimum absolute atomic E-state index is 0.0437. The van der Waals surface area contributed by atoms with Gasteiger partial charge >= 0.3 is 5.97 Å². The molecule has 3 rings (SSSR count). The molecule has 1 N–H and O–H groups in total. The number of para-hydroxylation sites is 1. The molecule has 0 unspecified atom stereocenters. The van der Waals surface area contributed by atoms with Crippen LogP contribution in [0.2, 0.25) is 0 Å². The standard InChI is InChI=1S/C22H19FO3/c23-20-14-19(22(24)25)13-11-17(20)10-12-18-8-4-5-9-21(18)26-15-16-6-2-1-3-7-16/h1-9,11,13-14H,10,12,15H2,(H,24,25). The van der Waals surface area contributed by atoms with Crippen LogP contribution in [-0.2, 0) is 19.4 Å². The van der Waals surface area contributed by atoms with Crippen LogP contribution in [0.1, 0.15) is 27.0 Å². The molecule has 3 nitrogen and oxygen atoms in total. The summed E-state index contributed by atoms with van der Waals surface area (Å²) in [5, 5.41) is 8.91. The van der Waals surface area contributed by atoms with E-state index in [1.54, 1.807) is 0 Å². The number of benzene rings is 3. The van der Waals surface area contributed by atoms with Crippen LogP contribution in [0, 0.1) is 5.82 Å². The molecule has 0 amide bonds. The zero-order valence-corrected chi connectivity index (χ0v) is 14.2. The van der Waals surface area contributed by atoms with Crippen molar-refractivity contribution in [3.05, 3.63) is 101 Å². The van der Waals surface area contributed by atoms with E-state index >= 15 is 0 Å². The van der Waals surface area contributed by atoms with Crippen molar-refractivity contribution < 1.29 is 19.0 Å². The first-order valence-electron chi connectivity index (χ1n) is 8.40. The van der Waals surface area contributed by atoms with Crippen LogP contribution >= 0.6 is 0 Å². The van der Waals surface area contributed by atoms with Crippen LogP contribution in [0.25, 0.3) is 0 Å². The lowest BCUT2D eigenvalue weighted by molar-refractivity contribution is 0.0696. The molecule has 0 aromatic heterocycles. The summed E-state index contributed by atoms with van der Waals surface area (Å²) in [4.78, 5) is 10.9. The average Bonchev–Trinajstić information content (AvgIpc) is 2.66. The van der Waals surface area contributed by atoms with Crippen molar-refractivity contribution in [2.24, 2.45) is 0 Å². The first kappa shape index (κ1) is 17.7. The highest BCUT2D eigenvalue weighted by Crippen LogP contribution is 2.22. The fraction of sp³-hybridized carbons (Fsp3) is 0.136. The van der Waals surface area contributed by atoms with Crippen LogP contribution < -0.4 is 4.74 Å². The first-order chi connectivity index (χ1) is 12.6. The van der Waals surface area contributed by atoms with E-state index in [2.05, 4.69) is 0 Å². The van der Waals surface area contributed by atoms with E-state index in [-0.39, 0.29) is 5.56 Å². The number of halogens is 1. The Morgan fingerprint density at radius 1 is 0.885 bits per heavy atom. The highest BCUT2D eigenvalue weighted by molar-refractivity contribution is 5.87. The van der Waals surface area contributed by atoms with E-state index in [0.29, 0.717) is 25.0 Å². The second kappa shape index (κ2) is 8.30. The molecule has 26 heavy (non-hydrogen) atoms. The third-order valence-electron chi connectivity index (χ3n) is 4.17.